The number of rotatable bonds is 11. The molecular formula is C53H48BF2N13O11P2S. The van der Waals surface area contributed by atoms with E-state index in [1.165, 1.54) is 34.1 Å². The first-order valence-corrected chi connectivity index (χ1v) is 30.7. The highest BCUT2D eigenvalue weighted by atomic mass is 32.7. The van der Waals surface area contributed by atoms with E-state index >= 15 is 13.3 Å². The number of hydrogen-bond donors (Lipinski definition) is 2. The van der Waals surface area contributed by atoms with Gasteiger partial charge in [0.2, 0.25) is 7.57 Å². The molecule has 4 aromatic carbocycles. The molecule has 30 heteroatoms. The predicted octanol–water partition coefficient (Wildman–Crippen LogP) is 8.22. The van der Waals surface area contributed by atoms with Gasteiger partial charge < -0.3 is 44.4 Å². The molecule has 0 saturated carbocycles. The van der Waals surface area contributed by atoms with Crippen LogP contribution in [0.5, 0.6) is 11.5 Å². The Labute approximate surface area is 475 Å². The quantitative estimate of drug-likeness (QED) is 0.0533. The van der Waals surface area contributed by atoms with Crippen molar-refractivity contribution in [2.45, 2.75) is 68.1 Å². The first kappa shape index (κ1) is 54.6. The summed E-state index contributed by atoms with van der Waals surface area (Å²) in [5, 5.41) is 9.19. The van der Waals surface area contributed by atoms with Gasteiger partial charge in [-0.3, -0.25) is 22.7 Å². The van der Waals surface area contributed by atoms with E-state index in [1.54, 1.807) is 48.5 Å². The third-order valence-electron chi connectivity index (χ3n) is 14.5. The Morgan fingerprint density at radius 1 is 0.771 bits per heavy atom. The minimum absolute atomic E-state index is 0.0171. The van der Waals surface area contributed by atoms with Gasteiger partial charge in [-0.2, -0.15) is 0 Å². The molecule has 4 aliphatic heterocycles. The van der Waals surface area contributed by atoms with Crippen molar-refractivity contribution in [2.24, 2.45) is 0 Å². The lowest BCUT2D eigenvalue weighted by Crippen LogP contribution is -2.37. The number of anilines is 3. The highest BCUT2D eigenvalue weighted by Gasteiger charge is 2.55. The number of benzene rings is 4. The monoisotopic (exact) mass is 1190 g/mol. The highest BCUT2D eigenvalue weighted by molar-refractivity contribution is 8.54. The molecule has 424 valence electrons. The van der Waals surface area contributed by atoms with Crippen LogP contribution in [-0.4, -0.2) is 126 Å². The van der Waals surface area contributed by atoms with Crippen molar-refractivity contribution in [2.75, 3.05) is 43.2 Å². The number of nitrogen functional groups attached to an aromatic ring is 2. The molecule has 83 heavy (non-hydrogen) atoms. The molecule has 9 heterocycles. The van der Waals surface area contributed by atoms with Crippen molar-refractivity contribution >= 4 is 78.7 Å². The zero-order valence-electron chi connectivity index (χ0n) is 43.7. The third-order valence-corrected chi connectivity index (χ3v) is 19.2. The summed E-state index contributed by atoms with van der Waals surface area (Å²) in [5.41, 5.74) is 19.8. The summed E-state index contributed by atoms with van der Waals surface area (Å²) < 4.78 is 115. The summed E-state index contributed by atoms with van der Waals surface area (Å²) in [6.45, 7) is -4.69. The molecular weight excluding hydrogens is 1140 g/mol. The molecule has 0 bridgehead atoms. The van der Waals surface area contributed by atoms with Gasteiger partial charge in [0.05, 0.1) is 49.4 Å². The standard InChI is InChI=1S/C53H48BF2N13O11P2S/c1-66-22-31-6-2-3-7-34(31)45-42(35-8-4-5-9-37(35)66)64-65-69(45)20-21-73-32-16-12-30(13-17-32)53(70)76-33-14-10-29(11-15-33)25-83-82(72)75-24-39-46(40(55)51(78-39)68-28-63-44-48(58)60-26-61-50(44)68)79-81(54,71)74-23-38-47(80-82)41(56)52(77-38)67-27-62-43-36(57)18-19-59-49(43)67/h2-19,26-28,38-41,46-47,51-52H,20-25H2,1H3,(H2,57,59)(H2,58,60,61)/t38-,39-,40-,41-,46-,47-,51-,52-,81+,82+/m1/s1. The second kappa shape index (κ2) is 22.2. The van der Waals surface area contributed by atoms with Crippen LogP contribution >= 0.6 is 25.7 Å². The van der Waals surface area contributed by atoms with Crippen molar-refractivity contribution in [1.29, 1.82) is 0 Å². The predicted molar refractivity (Wildman–Crippen MR) is 300 cm³/mol. The van der Waals surface area contributed by atoms with Crippen molar-refractivity contribution < 1.29 is 59.7 Å². The number of alkyl halides is 2. The Hall–Kier alpha value is -7.65. The van der Waals surface area contributed by atoms with Crippen molar-refractivity contribution in [3.05, 3.63) is 145 Å². The van der Waals surface area contributed by atoms with E-state index in [-0.39, 0.29) is 57.5 Å². The second-order valence-corrected chi connectivity index (χ2v) is 25.3. The number of hydrogen-bond acceptors (Lipinski definition) is 22. The Morgan fingerprint density at radius 3 is 2.19 bits per heavy atom. The van der Waals surface area contributed by atoms with Crippen LogP contribution in [0.25, 0.3) is 44.8 Å². The SMILES string of the molecule is [B][P@]1(=O)OC[C@H]2O[C@@H](n3cnc4c(N)ccnc43)[C@H](F)[C@@H]2O[P@@](=O)(SCc2ccc(OC(=O)c3ccc(OCCn4nnc5c4-c4ccccc4CN(C)c4ccccc4-5)cc3)cc2)OC[C@H]2O[C@@H](n3cnc4c(N)ncnc43)[C@H](F)[C@@H]2O1. The Bertz CT molecular complexity index is 4020. The molecule has 10 atom stereocenters. The van der Waals surface area contributed by atoms with Crippen molar-refractivity contribution in [1.82, 2.24) is 49.0 Å². The molecule has 0 amide bonds. The van der Waals surface area contributed by atoms with E-state index in [1.807, 2.05) is 28.9 Å². The third kappa shape index (κ3) is 10.6. The highest BCUT2D eigenvalue weighted by Crippen LogP contribution is 2.65. The molecule has 5 aromatic heterocycles. The number of carbonyl (C=O) groups is 1. The fourth-order valence-corrected chi connectivity index (χ4v) is 14.8. The van der Waals surface area contributed by atoms with E-state index < -0.39 is 82.7 Å². The van der Waals surface area contributed by atoms with Crippen LogP contribution in [0.2, 0.25) is 0 Å². The number of pyridine rings is 1. The van der Waals surface area contributed by atoms with Gasteiger partial charge in [-0.25, -0.2) is 47.7 Å². The van der Waals surface area contributed by atoms with Crippen LogP contribution in [0.4, 0.5) is 26.0 Å². The lowest BCUT2D eigenvalue weighted by molar-refractivity contribution is -0.0546. The fraction of sp³-hybridized carbons (Fsp3) is 0.283. The molecule has 3 saturated heterocycles. The molecule has 13 rings (SSSR count). The smallest absolute Gasteiger partial charge is 0.389 e. The Morgan fingerprint density at radius 2 is 1.43 bits per heavy atom. The fourth-order valence-electron chi connectivity index (χ4n) is 10.4. The summed E-state index contributed by atoms with van der Waals surface area (Å²) >= 11 is 0.675. The summed E-state index contributed by atoms with van der Waals surface area (Å²) in [4.78, 5) is 36.5. The van der Waals surface area contributed by atoms with Crippen molar-refractivity contribution in [3.8, 4) is 34.0 Å². The second-order valence-electron chi connectivity index (χ2n) is 19.8. The maximum Gasteiger partial charge on any atom is 0.389 e. The average molecular weight is 1190 g/mol. The van der Waals surface area contributed by atoms with Gasteiger partial charge in [-0.15, -0.1) is 5.10 Å². The van der Waals surface area contributed by atoms with E-state index in [9.17, 15) is 9.36 Å². The van der Waals surface area contributed by atoms with Crippen LogP contribution in [0.3, 0.4) is 0 Å². The summed E-state index contributed by atoms with van der Waals surface area (Å²) in [6, 6.07) is 30.8. The number of aromatic nitrogens is 10. The number of nitrogens with zero attached hydrogens (tertiary/aromatic N) is 11. The van der Waals surface area contributed by atoms with Gasteiger partial charge >= 0.3 is 12.8 Å². The number of nitrogens with two attached hydrogens (primary N) is 2. The van der Waals surface area contributed by atoms with Crippen LogP contribution in [0, 0.1) is 0 Å². The summed E-state index contributed by atoms with van der Waals surface area (Å²) in [5.74, 6) is 0.0323. The largest absolute Gasteiger partial charge is 0.492 e. The van der Waals surface area contributed by atoms with E-state index in [4.69, 9.17) is 56.1 Å². The lowest BCUT2D eigenvalue weighted by Gasteiger charge is -2.30. The maximum atomic E-state index is 17.0. The molecule has 9 aromatic rings. The Kier molecular flexibility index (Phi) is 14.6. The molecule has 0 unspecified atom stereocenters. The number of esters is 1. The first-order valence-electron chi connectivity index (χ1n) is 25.9. The molecule has 3 fully saturated rings. The number of carbonyl (C=O) groups excluding carboxylic acids is 1. The van der Waals surface area contributed by atoms with Crippen LogP contribution in [0.15, 0.2) is 128 Å². The van der Waals surface area contributed by atoms with Crippen LogP contribution < -0.4 is 25.8 Å². The molecule has 24 nitrogen and oxygen atoms in total. The molecule has 4 N–H and O–H groups in total. The number of para-hydroxylation sites is 1. The van der Waals surface area contributed by atoms with Gasteiger partial charge in [-0.1, -0.05) is 59.8 Å². The number of imidazole rings is 2. The number of halogens is 2. The van der Waals surface area contributed by atoms with Gasteiger partial charge in [0.1, 0.15) is 65.6 Å². The summed E-state index contributed by atoms with van der Waals surface area (Å²) in [6.07, 6.45) is -8.70. The van der Waals surface area contributed by atoms with Gasteiger partial charge in [0.15, 0.2) is 41.9 Å². The van der Waals surface area contributed by atoms with Crippen LogP contribution in [0.1, 0.15) is 33.9 Å². The minimum Gasteiger partial charge on any atom is -0.492 e. The minimum atomic E-state index is -4.72. The first-order chi connectivity index (χ1) is 40.2. The molecule has 2 radical (unpaired) electrons. The molecule has 4 aliphatic rings. The number of ether oxygens (including phenoxy) is 4. The van der Waals surface area contributed by atoms with Crippen LogP contribution in [-0.2, 0) is 55.5 Å². The van der Waals surface area contributed by atoms with Gasteiger partial charge in [-0.05, 0) is 71.0 Å². The average Bonchev–Trinajstić information content (AvgIpc) is 2.84. The lowest BCUT2D eigenvalue weighted by atomic mass is 9.96. The number of fused-ring (bicyclic) bond motifs is 9. The molecule has 0 aliphatic carbocycles. The zero-order valence-corrected chi connectivity index (χ0v) is 46.3. The van der Waals surface area contributed by atoms with Crippen molar-refractivity contribution in [3.63, 3.8) is 0 Å². The normalized spacial score (nSPS) is 26.1. The maximum absolute atomic E-state index is 17.0. The van der Waals surface area contributed by atoms with Gasteiger partial charge in [0, 0.05) is 42.4 Å². The summed E-state index contributed by atoms with van der Waals surface area (Å²) in [7, 11) is 3.41. The topological polar surface area (TPSA) is 285 Å². The van der Waals surface area contributed by atoms with E-state index in [2.05, 4.69) is 71.4 Å². The van der Waals surface area contributed by atoms with E-state index in [0.29, 0.717) is 35.8 Å². The van der Waals surface area contributed by atoms with E-state index in [0.717, 1.165) is 40.1 Å². The zero-order chi connectivity index (χ0) is 57.1. The van der Waals surface area contributed by atoms with Gasteiger partial charge in [0.25, 0.3) is 7.47 Å². The Balaban J connectivity index is 0.690. The molecule has 0 spiro atoms.